The Bertz CT molecular complexity index is 2230. The third-order valence-corrected chi connectivity index (χ3v) is 18.5. The van der Waals surface area contributed by atoms with Gasteiger partial charge in [0.2, 0.25) is 29.5 Å². The molecule has 0 saturated carbocycles. The first-order valence-electron chi connectivity index (χ1n) is 27.9. The average molecular weight is 1130 g/mol. The zero-order chi connectivity index (χ0) is 56.4. The molecule has 3 saturated heterocycles. The highest BCUT2D eigenvalue weighted by Crippen LogP contribution is 2.49. The number of benzene rings is 2. The van der Waals surface area contributed by atoms with Gasteiger partial charge in [0.25, 0.3) is 5.91 Å². The van der Waals surface area contributed by atoms with E-state index in [9.17, 15) is 28.8 Å². The number of unbranched alkanes of at least 4 members (excludes halogenated alkanes) is 9. The summed E-state index contributed by atoms with van der Waals surface area (Å²) >= 11 is 7.57. The van der Waals surface area contributed by atoms with Crippen molar-refractivity contribution in [2.24, 2.45) is 10.8 Å². The molecule has 5 rings (SSSR count). The van der Waals surface area contributed by atoms with Gasteiger partial charge in [0, 0.05) is 24.1 Å². The third-order valence-electron chi connectivity index (χ3n) is 15.6. The van der Waals surface area contributed by atoms with E-state index < -0.39 is 46.1 Å². The lowest BCUT2D eigenvalue weighted by molar-refractivity contribution is -0.147. The Morgan fingerprint density at radius 1 is 0.740 bits per heavy atom. The van der Waals surface area contributed by atoms with Crippen LogP contribution < -0.4 is 31.9 Å². The maximum atomic E-state index is 14.3. The van der Waals surface area contributed by atoms with Gasteiger partial charge in [0.1, 0.15) is 17.6 Å². The standard InChI is InChI=1S/C58H92N8O8S3/c1-40(59-9)50(68)64-58(8)38-76-47-34-56(4,5)49(66(47)54(58)72)52(70)63-44(42-29-23-20-24-30-42)37-74-32-26-18-16-14-12-11-13-15-17-25-31-73-36-43(41-27-21-19-22-28-41)62-51(69)48-55(2,3)33-46(77-39-75)65(48)45(67)35-61-53(71)57(6,7)60-10/h19-24,27-30,40,43-44,46-49,59-60,75H,11-18,25-26,31-39H2,1-10H3,(H,61,71)(H,62,69)(H,63,70)(H,64,68)/t40-,43+,44+,46-,47-,48+,49+,58+/m0/s1. The number of likely N-dealkylation sites (N-methyl/N-ethyl adjacent to an activating group) is 2. The number of thioether (sulfide) groups is 2. The molecule has 0 radical (unpaired) electrons. The number of nitrogens with zero attached hydrogens (tertiary/aromatic N) is 2. The van der Waals surface area contributed by atoms with Crippen LogP contribution in [0.1, 0.15) is 156 Å². The highest BCUT2D eigenvalue weighted by atomic mass is 32.2. The highest BCUT2D eigenvalue weighted by Gasteiger charge is 2.59. The average Bonchev–Trinajstić information content (AvgIpc) is 3.86. The first-order chi connectivity index (χ1) is 36.6. The van der Waals surface area contributed by atoms with Crippen LogP contribution in [0, 0.1) is 10.8 Å². The normalized spacial score (nSPS) is 22.9. The minimum Gasteiger partial charge on any atom is -0.379 e. The number of ether oxygens (including phenoxy) is 2. The minimum absolute atomic E-state index is 0.152. The summed E-state index contributed by atoms with van der Waals surface area (Å²) in [5, 5.41) is 18.2. The molecule has 0 unspecified atom stereocenters. The van der Waals surface area contributed by atoms with Crippen LogP contribution in [-0.2, 0) is 38.2 Å². The van der Waals surface area contributed by atoms with Gasteiger partial charge in [-0.1, -0.05) is 140 Å². The van der Waals surface area contributed by atoms with E-state index in [0.717, 1.165) is 49.7 Å². The lowest BCUT2D eigenvalue weighted by atomic mass is 9.83. The Kier molecular flexibility index (Phi) is 25.0. The largest absolute Gasteiger partial charge is 0.379 e. The van der Waals surface area contributed by atoms with Gasteiger partial charge < -0.3 is 51.2 Å². The Hall–Kier alpha value is -3.85. The molecule has 2 aromatic carbocycles. The molecule has 77 heavy (non-hydrogen) atoms. The molecule has 0 spiro atoms. The summed E-state index contributed by atoms with van der Waals surface area (Å²) in [7, 11) is 3.40. The van der Waals surface area contributed by atoms with E-state index in [1.807, 2.05) is 88.4 Å². The van der Waals surface area contributed by atoms with Crippen molar-refractivity contribution in [3.05, 3.63) is 71.8 Å². The molecule has 3 aliphatic rings. The van der Waals surface area contributed by atoms with Crippen molar-refractivity contribution < 1.29 is 38.2 Å². The van der Waals surface area contributed by atoms with Crippen LogP contribution in [0.2, 0.25) is 0 Å². The number of thiol groups is 1. The number of fused-ring (bicyclic) bond motifs is 1. The number of amides is 6. The molecule has 6 amide bonds. The van der Waals surface area contributed by atoms with E-state index in [1.165, 1.54) is 37.4 Å². The second kappa shape index (κ2) is 30.1. The maximum absolute atomic E-state index is 14.3. The smallest absolute Gasteiger partial charge is 0.250 e. The van der Waals surface area contributed by atoms with Crippen molar-refractivity contribution in [1.82, 2.24) is 41.7 Å². The zero-order valence-corrected chi connectivity index (χ0v) is 50.2. The second-order valence-corrected chi connectivity index (χ2v) is 26.3. The van der Waals surface area contributed by atoms with E-state index in [2.05, 4.69) is 44.5 Å². The fraction of sp³-hybridized carbons (Fsp3) is 0.690. The summed E-state index contributed by atoms with van der Waals surface area (Å²) in [6, 6.07) is 16.9. The number of carbonyl (C=O) groups excluding carboxylic acids is 6. The molecule has 6 N–H and O–H groups in total. The molecular formula is C58H92N8O8S3. The van der Waals surface area contributed by atoms with Crippen molar-refractivity contribution in [2.75, 3.05) is 57.9 Å². The summed E-state index contributed by atoms with van der Waals surface area (Å²) in [6.07, 6.45) is 12.3. The molecule has 0 aromatic heterocycles. The first kappa shape index (κ1) is 64.0. The van der Waals surface area contributed by atoms with Gasteiger partial charge in [-0.15, -0.1) is 23.5 Å². The van der Waals surface area contributed by atoms with E-state index in [-0.39, 0.29) is 58.8 Å². The Balaban J connectivity index is 0.989. The van der Waals surface area contributed by atoms with Crippen molar-refractivity contribution in [3.8, 4) is 0 Å². The topological polar surface area (TPSA) is 200 Å². The fourth-order valence-corrected chi connectivity index (χ4v) is 13.9. The van der Waals surface area contributed by atoms with Gasteiger partial charge in [0.15, 0.2) is 0 Å². The van der Waals surface area contributed by atoms with Crippen molar-refractivity contribution in [3.63, 3.8) is 0 Å². The van der Waals surface area contributed by atoms with Crippen molar-refractivity contribution in [1.29, 1.82) is 0 Å². The van der Waals surface area contributed by atoms with Gasteiger partial charge in [-0.3, -0.25) is 28.8 Å². The van der Waals surface area contributed by atoms with Gasteiger partial charge in [-0.25, -0.2) is 0 Å². The molecule has 3 heterocycles. The Morgan fingerprint density at radius 2 is 1.22 bits per heavy atom. The van der Waals surface area contributed by atoms with Crippen LogP contribution in [0.25, 0.3) is 0 Å². The Labute approximate surface area is 474 Å². The van der Waals surface area contributed by atoms with Crippen molar-refractivity contribution in [2.45, 2.75) is 184 Å². The predicted molar refractivity (Wildman–Crippen MR) is 313 cm³/mol. The lowest BCUT2D eigenvalue weighted by Crippen LogP contribution is -2.67. The summed E-state index contributed by atoms with van der Waals surface area (Å²) in [5.74, 6) is -1.11. The monoisotopic (exact) mass is 1120 g/mol. The molecule has 3 fully saturated rings. The maximum Gasteiger partial charge on any atom is 0.250 e. The number of hydrogen-bond acceptors (Lipinski definition) is 13. The second-order valence-electron chi connectivity index (χ2n) is 23.2. The summed E-state index contributed by atoms with van der Waals surface area (Å²) in [5.41, 5.74) is -1.12. The quantitative estimate of drug-likeness (QED) is 0.0217. The summed E-state index contributed by atoms with van der Waals surface area (Å²) in [4.78, 5) is 85.8. The molecule has 19 heteroatoms. The van der Waals surface area contributed by atoms with Crippen LogP contribution in [0.15, 0.2) is 60.7 Å². The van der Waals surface area contributed by atoms with Crippen LogP contribution in [0.3, 0.4) is 0 Å². The van der Waals surface area contributed by atoms with E-state index in [4.69, 9.17) is 9.47 Å². The molecule has 0 aliphatic carbocycles. The van der Waals surface area contributed by atoms with Gasteiger partial charge in [0.05, 0.1) is 54.2 Å². The van der Waals surface area contributed by atoms with E-state index in [1.54, 1.807) is 63.4 Å². The van der Waals surface area contributed by atoms with E-state index >= 15 is 0 Å². The minimum atomic E-state index is -1.13. The van der Waals surface area contributed by atoms with Crippen molar-refractivity contribution >= 4 is 71.6 Å². The summed E-state index contributed by atoms with van der Waals surface area (Å²) in [6.45, 7) is 16.7. The molecular weight excluding hydrogens is 1030 g/mol. The molecule has 0 bridgehead atoms. The van der Waals surface area contributed by atoms with Gasteiger partial charge >= 0.3 is 0 Å². The van der Waals surface area contributed by atoms with Gasteiger partial charge in [-0.05, 0) is 89.4 Å². The fourth-order valence-electron chi connectivity index (χ4n) is 10.6. The number of likely N-dealkylation sites (tertiary alicyclic amines) is 1. The molecule has 3 aliphatic heterocycles. The summed E-state index contributed by atoms with van der Waals surface area (Å²) < 4.78 is 12.4. The number of nitrogens with one attached hydrogen (secondary N) is 6. The first-order valence-corrected chi connectivity index (χ1v) is 30.6. The molecule has 16 nitrogen and oxygen atoms in total. The zero-order valence-electron chi connectivity index (χ0n) is 47.7. The van der Waals surface area contributed by atoms with Crippen LogP contribution >= 0.6 is 36.2 Å². The predicted octanol–water partition coefficient (Wildman–Crippen LogP) is 7.51. The third kappa shape index (κ3) is 17.8. The number of rotatable bonds is 32. The van der Waals surface area contributed by atoms with Crippen LogP contribution in [0.5, 0.6) is 0 Å². The number of carbonyl (C=O) groups is 6. The van der Waals surface area contributed by atoms with Gasteiger partial charge in [-0.2, -0.15) is 12.6 Å². The van der Waals surface area contributed by atoms with Crippen LogP contribution in [-0.4, -0.2) is 143 Å². The molecule has 430 valence electrons. The lowest BCUT2D eigenvalue weighted by Gasteiger charge is -2.44. The molecule has 8 atom stereocenters. The SMILES string of the molecule is CN[C@@H](C)C(=O)N[C@]1(C)CS[C@H]2CC(C)(C)[C@@H](C(=O)N[C@H](COCCCCCCCCCCCCOC[C@@H](NC(=O)[C@H]3N(C(=O)CNC(=O)C(C)(C)NC)[C@@H](SCS)CC3(C)C)c3ccccc3)c3ccccc3)N2C1=O. The number of hydrogen-bond donors (Lipinski definition) is 7. The van der Waals surface area contributed by atoms with Crippen LogP contribution in [0.4, 0.5) is 0 Å². The highest BCUT2D eigenvalue weighted by molar-refractivity contribution is 8.09. The Morgan fingerprint density at radius 3 is 1.70 bits per heavy atom. The van der Waals surface area contributed by atoms with E-state index in [0.29, 0.717) is 50.1 Å². The molecule has 2 aromatic rings.